The summed E-state index contributed by atoms with van der Waals surface area (Å²) in [4.78, 5) is 25.5. The topological polar surface area (TPSA) is 98.7 Å². The summed E-state index contributed by atoms with van der Waals surface area (Å²) in [5, 5.41) is 2.68. The molecule has 1 aromatic heterocycles. The lowest BCUT2D eigenvalue weighted by Gasteiger charge is -2.36. The van der Waals surface area contributed by atoms with Crippen molar-refractivity contribution in [2.24, 2.45) is 0 Å². The van der Waals surface area contributed by atoms with Gasteiger partial charge in [0.05, 0.1) is 29.2 Å². The second-order valence-electron chi connectivity index (χ2n) is 11.6. The maximum atomic E-state index is 14.4. The number of carbonyl (C=O) groups is 1. The summed E-state index contributed by atoms with van der Waals surface area (Å²) in [7, 11) is -4.48. The SMILES string of the molecule is O=C(NCc1cc(-c2ccc(C(F)(F)F)cc2)nc(N2CCN(c3ccccc3F)CC2)n1)[C@@H]1CCCN1S(=O)(=O)c1ccc(F)cc1F. The van der Waals surface area contributed by atoms with E-state index in [-0.39, 0.29) is 37.0 Å². The third-order valence-electron chi connectivity index (χ3n) is 8.46. The van der Waals surface area contributed by atoms with Gasteiger partial charge in [0.15, 0.2) is 0 Å². The number of para-hydroxylation sites is 1. The minimum absolute atomic E-state index is 0.0498. The molecule has 0 saturated carbocycles. The van der Waals surface area contributed by atoms with E-state index >= 15 is 0 Å². The van der Waals surface area contributed by atoms with Crippen LogP contribution in [0, 0.1) is 17.5 Å². The molecule has 2 aliphatic rings. The highest BCUT2D eigenvalue weighted by Gasteiger charge is 2.40. The first-order valence-electron chi connectivity index (χ1n) is 15.4. The van der Waals surface area contributed by atoms with Crippen LogP contribution >= 0.6 is 0 Å². The Kier molecular flexibility index (Phi) is 9.53. The summed E-state index contributed by atoms with van der Waals surface area (Å²) < 4.78 is 109. The van der Waals surface area contributed by atoms with E-state index in [0.29, 0.717) is 55.6 Å². The highest BCUT2D eigenvalue weighted by Crippen LogP contribution is 2.32. The van der Waals surface area contributed by atoms with Gasteiger partial charge in [0, 0.05) is 44.4 Å². The van der Waals surface area contributed by atoms with Crippen LogP contribution in [0.1, 0.15) is 24.1 Å². The minimum atomic E-state index is -4.53. The average Bonchev–Trinajstić information content (AvgIpc) is 3.59. The van der Waals surface area contributed by atoms with E-state index in [4.69, 9.17) is 0 Å². The van der Waals surface area contributed by atoms with Crippen molar-refractivity contribution in [2.75, 3.05) is 42.5 Å². The lowest BCUT2D eigenvalue weighted by molar-refractivity contribution is -0.137. The fraction of sp³-hybridized carbons (Fsp3) is 0.303. The number of nitrogens with zero attached hydrogens (tertiary/aromatic N) is 5. The molecule has 49 heavy (non-hydrogen) atoms. The van der Waals surface area contributed by atoms with E-state index < -0.39 is 50.2 Å². The number of hydrogen-bond acceptors (Lipinski definition) is 7. The second kappa shape index (κ2) is 13.7. The molecule has 16 heteroatoms. The average molecular weight is 705 g/mol. The number of benzene rings is 3. The number of hydrogen-bond donors (Lipinski definition) is 1. The van der Waals surface area contributed by atoms with Crippen LogP contribution in [0.4, 0.5) is 38.0 Å². The lowest BCUT2D eigenvalue weighted by atomic mass is 10.1. The normalized spacial score (nSPS) is 17.4. The van der Waals surface area contributed by atoms with E-state index in [9.17, 15) is 39.6 Å². The molecule has 2 saturated heterocycles. The number of anilines is 2. The molecule has 1 amide bonds. The summed E-state index contributed by atoms with van der Waals surface area (Å²) in [6, 6.07) is 13.3. The highest BCUT2D eigenvalue weighted by molar-refractivity contribution is 7.89. The zero-order chi connectivity index (χ0) is 34.9. The van der Waals surface area contributed by atoms with E-state index in [1.807, 2.05) is 9.80 Å². The Morgan fingerprint density at radius 1 is 0.837 bits per heavy atom. The van der Waals surface area contributed by atoms with E-state index in [2.05, 4.69) is 15.3 Å². The summed E-state index contributed by atoms with van der Waals surface area (Å²) in [6.07, 6.45) is -4.05. The zero-order valence-electron chi connectivity index (χ0n) is 25.8. The molecule has 9 nitrogen and oxygen atoms in total. The van der Waals surface area contributed by atoms with E-state index in [0.717, 1.165) is 28.6 Å². The molecule has 0 spiro atoms. The van der Waals surface area contributed by atoms with Gasteiger partial charge >= 0.3 is 6.18 Å². The van der Waals surface area contributed by atoms with Crippen LogP contribution in [-0.4, -0.2) is 67.4 Å². The second-order valence-corrected chi connectivity index (χ2v) is 13.5. The van der Waals surface area contributed by atoms with Crippen molar-refractivity contribution in [3.05, 3.63) is 102 Å². The maximum Gasteiger partial charge on any atom is 0.416 e. The van der Waals surface area contributed by atoms with Crippen molar-refractivity contribution < 1.29 is 39.6 Å². The summed E-state index contributed by atoms with van der Waals surface area (Å²) in [5.74, 6) is -3.00. The molecule has 0 unspecified atom stereocenters. The summed E-state index contributed by atoms with van der Waals surface area (Å²) in [6.45, 7) is 1.41. The molecule has 1 N–H and O–H groups in total. The molecular formula is C33H30F6N6O3S. The predicted octanol–water partition coefficient (Wildman–Crippen LogP) is 5.38. The van der Waals surface area contributed by atoms with Crippen LogP contribution in [0.2, 0.25) is 0 Å². The van der Waals surface area contributed by atoms with Crippen molar-refractivity contribution in [1.29, 1.82) is 0 Å². The molecule has 2 fully saturated rings. The van der Waals surface area contributed by atoms with Crippen molar-refractivity contribution in [3.8, 4) is 11.3 Å². The Bertz CT molecular complexity index is 1950. The number of sulfonamides is 1. The summed E-state index contributed by atoms with van der Waals surface area (Å²) >= 11 is 0. The van der Waals surface area contributed by atoms with Gasteiger partial charge in [-0.25, -0.2) is 31.6 Å². The van der Waals surface area contributed by atoms with Gasteiger partial charge < -0.3 is 15.1 Å². The van der Waals surface area contributed by atoms with Crippen LogP contribution in [0.5, 0.6) is 0 Å². The van der Waals surface area contributed by atoms with Gasteiger partial charge in [0.25, 0.3) is 0 Å². The molecule has 1 atom stereocenters. The molecule has 2 aliphatic heterocycles. The third kappa shape index (κ3) is 7.34. The molecule has 6 rings (SSSR count). The van der Waals surface area contributed by atoms with Crippen LogP contribution in [0.15, 0.2) is 77.7 Å². The zero-order valence-corrected chi connectivity index (χ0v) is 26.6. The monoisotopic (exact) mass is 704 g/mol. The molecule has 0 bridgehead atoms. The number of carbonyl (C=O) groups excluding carboxylic acids is 1. The lowest BCUT2D eigenvalue weighted by Crippen LogP contribution is -2.47. The smallest absolute Gasteiger partial charge is 0.366 e. The number of halogens is 6. The molecular weight excluding hydrogens is 674 g/mol. The van der Waals surface area contributed by atoms with Crippen LogP contribution in [0.3, 0.4) is 0 Å². The Balaban J connectivity index is 1.23. The van der Waals surface area contributed by atoms with Crippen LogP contribution < -0.4 is 15.1 Å². The molecule has 258 valence electrons. The van der Waals surface area contributed by atoms with Gasteiger partial charge in [0.1, 0.15) is 28.4 Å². The Morgan fingerprint density at radius 3 is 2.20 bits per heavy atom. The quantitative estimate of drug-likeness (QED) is 0.246. The number of piperazine rings is 1. The number of alkyl halides is 3. The fourth-order valence-electron chi connectivity index (χ4n) is 5.95. The van der Waals surface area contributed by atoms with Crippen molar-refractivity contribution in [2.45, 2.75) is 36.5 Å². The van der Waals surface area contributed by atoms with Crippen LogP contribution in [0.25, 0.3) is 11.3 Å². The molecule has 3 aromatic carbocycles. The van der Waals surface area contributed by atoms with Gasteiger partial charge in [-0.3, -0.25) is 4.79 Å². The molecule has 3 heterocycles. The summed E-state index contributed by atoms with van der Waals surface area (Å²) in [5.41, 5.74) is 0.565. The van der Waals surface area contributed by atoms with Gasteiger partial charge in [-0.05, 0) is 55.3 Å². The van der Waals surface area contributed by atoms with Crippen molar-refractivity contribution >= 4 is 27.6 Å². The first kappa shape index (κ1) is 34.2. The van der Waals surface area contributed by atoms with E-state index in [1.54, 1.807) is 18.2 Å². The predicted molar refractivity (Wildman–Crippen MR) is 168 cm³/mol. The largest absolute Gasteiger partial charge is 0.416 e. The first-order chi connectivity index (χ1) is 23.3. The number of amides is 1. The Morgan fingerprint density at radius 2 is 1.53 bits per heavy atom. The highest BCUT2D eigenvalue weighted by atomic mass is 32.2. The molecule has 4 aromatic rings. The third-order valence-corrected chi connectivity index (χ3v) is 10.4. The number of rotatable bonds is 8. The van der Waals surface area contributed by atoms with Crippen molar-refractivity contribution in [1.82, 2.24) is 19.6 Å². The maximum absolute atomic E-state index is 14.4. The number of aromatic nitrogens is 2. The molecule has 0 radical (unpaired) electrons. The number of nitrogens with one attached hydrogen (secondary N) is 1. The van der Waals surface area contributed by atoms with Gasteiger partial charge in [-0.15, -0.1) is 0 Å². The standard InChI is InChI=1S/C33H30F6N6O3S/c34-23-11-12-30(26(36)18-23)49(47,48)45-13-3-6-29(45)31(46)40-20-24-19-27(21-7-9-22(10-8-21)33(37,38)39)42-32(41-24)44-16-14-43(15-17-44)28-5-2-1-4-25(28)35/h1-2,4-5,7-12,18-19,29H,3,6,13-17,20H2,(H,40,46)/t29-/m0/s1. The minimum Gasteiger partial charge on any atom is -0.366 e. The van der Waals surface area contributed by atoms with Gasteiger partial charge in [-0.1, -0.05) is 24.3 Å². The van der Waals surface area contributed by atoms with E-state index in [1.165, 1.54) is 24.3 Å². The molecule has 0 aliphatic carbocycles. The van der Waals surface area contributed by atoms with Gasteiger partial charge in [0.2, 0.25) is 21.9 Å². The Hall–Kier alpha value is -4.70. The first-order valence-corrected chi connectivity index (χ1v) is 16.8. The Labute approximate surface area is 278 Å². The van der Waals surface area contributed by atoms with Crippen LogP contribution in [-0.2, 0) is 27.5 Å². The fourth-order valence-corrected chi connectivity index (χ4v) is 7.65. The van der Waals surface area contributed by atoms with Gasteiger partial charge in [-0.2, -0.15) is 17.5 Å². The van der Waals surface area contributed by atoms with Crippen molar-refractivity contribution in [3.63, 3.8) is 0 Å².